The van der Waals surface area contributed by atoms with Gasteiger partial charge >= 0.3 is 0 Å². The second-order valence-corrected chi connectivity index (χ2v) is 2.07. The van der Waals surface area contributed by atoms with Crippen molar-refractivity contribution in [2.24, 2.45) is 0 Å². The van der Waals surface area contributed by atoms with Crippen LogP contribution in [0.2, 0.25) is 0 Å². The molecule has 0 aliphatic heterocycles. The zero-order valence-corrected chi connectivity index (χ0v) is 6.37. The fourth-order valence-electron chi connectivity index (χ4n) is 0.747. The molecule has 1 rings (SSSR count). The quantitative estimate of drug-likeness (QED) is 0.652. The molecule has 0 spiro atoms. The van der Waals surface area contributed by atoms with Crippen molar-refractivity contribution in [3.63, 3.8) is 0 Å². The van der Waals surface area contributed by atoms with Crippen LogP contribution in [0, 0.1) is 6.92 Å². The number of rotatable bonds is 2. The van der Waals surface area contributed by atoms with E-state index in [1.54, 1.807) is 17.9 Å². The summed E-state index contributed by atoms with van der Waals surface area (Å²) in [6.45, 7) is 4.16. The van der Waals surface area contributed by atoms with Gasteiger partial charge in [0.2, 0.25) is 0 Å². The fourth-order valence-corrected chi connectivity index (χ4v) is 0.747. The summed E-state index contributed by atoms with van der Waals surface area (Å²) >= 11 is 0. The normalized spacial score (nSPS) is 9.64. The van der Waals surface area contributed by atoms with Gasteiger partial charge in [0, 0.05) is 19.8 Å². The smallest absolute Gasteiger partial charge is 0.254 e. The monoisotopic (exact) mass is 152 g/mol. The van der Waals surface area contributed by atoms with Crippen molar-refractivity contribution in [1.29, 1.82) is 0 Å². The first-order valence-electron chi connectivity index (χ1n) is 3.31. The maximum absolute atomic E-state index is 11.0. The highest BCUT2D eigenvalue weighted by molar-refractivity contribution is 5.93. The molecular weight excluding hydrogens is 142 g/mol. The number of nitrogens with one attached hydrogen (secondary N) is 1. The van der Waals surface area contributed by atoms with E-state index in [0.717, 1.165) is 0 Å². The molecule has 1 radical (unpaired) electrons. The molecule has 0 saturated heterocycles. The summed E-state index contributed by atoms with van der Waals surface area (Å²) in [7, 11) is 1.59. The number of carbonyl (C=O) groups excluding carboxylic acids is 1. The Morgan fingerprint density at radius 2 is 2.64 bits per heavy atom. The molecule has 11 heavy (non-hydrogen) atoms. The lowest BCUT2D eigenvalue weighted by molar-refractivity contribution is 0.0963. The minimum atomic E-state index is -0.121. The molecule has 1 N–H and O–H groups in total. The molecule has 59 valence electrons. The van der Waals surface area contributed by atoms with E-state index in [-0.39, 0.29) is 5.91 Å². The number of amides is 1. The molecule has 1 aromatic rings. The molecule has 0 aliphatic rings. The van der Waals surface area contributed by atoms with Crippen molar-refractivity contribution in [2.75, 3.05) is 7.05 Å². The van der Waals surface area contributed by atoms with Crippen LogP contribution >= 0.6 is 0 Å². The van der Waals surface area contributed by atoms with E-state index in [2.05, 4.69) is 17.3 Å². The van der Waals surface area contributed by atoms with Crippen LogP contribution < -0.4 is 5.32 Å². The van der Waals surface area contributed by atoms with E-state index < -0.39 is 0 Å². The molecular formula is C7H10N3O. The molecule has 0 bridgehead atoms. The van der Waals surface area contributed by atoms with Gasteiger partial charge in [-0.2, -0.15) is 5.10 Å². The van der Waals surface area contributed by atoms with Crippen LogP contribution in [0.1, 0.15) is 10.4 Å². The van der Waals surface area contributed by atoms with E-state index in [4.69, 9.17) is 0 Å². The molecule has 0 fully saturated rings. The molecule has 4 heteroatoms. The molecule has 0 aliphatic carbocycles. The predicted octanol–water partition coefficient (Wildman–Crippen LogP) is 0.0768. The van der Waals surface area contributed by atoms with Crippen LogP contribution in [0.5, 0.6) is 0 Å². The number of aromatic nitrogens is 2. The largest absolute Gasteiger partial charge is 0.355 e. The zero-order chi connectivity index (χ0) is 8.27. The first kappa shape index (κ1) is 7.78. The van der Waals surface area contributed by atoms with Crippen LogP contribution in [-0.4, -0.2) is 22.7 Å². The van der Waals surface area contributed by atoms with Gasteiger partial charge < -0.3 is 5.32 Å². The summed E-state index contributed by atoms with van der Waals surface area (Å²) < 4.78 is 1.60. The van der Waals surface area contributed by atoms with Crippen LogP contribution in [0.25, 0.3) is 0 Å². The third kappa shape index (κ3) is 1.58. The summed E-state index contributed by atoms with van der Waals surface area (Å²) in [5.41, 5.74) is 0.566. The van der Waals surface area contributed by atoms with Gasteiger partial charge in [0.15, 0.2) is 0 Å². The number of hydrogen-bond acceptors (Lipinski definition) is 2. The highest BCUT2D eigenvalue weighted by Crippen LogP contribution is 1.95. The summed E-state index contributed by atoms with van der Waals surface area (Å²) in [5.74, 6) is -0.121. The Labute approximate surface area is 65.2 Å². The van der Waals surface area contributed by atoms with Gasteiger partial charge in [0.25, 0.3) is 5.91 Å². The standard InChI is InChI=1S/C7H10N3O/c1-3-10-5-6(4-9-10)7(11)8-2/h4-5H,1,3H2,2H3,(H,8,11). The molecule has 0 saturated carbocycles. The average Bonchev–Trinajstić information content (AvgIpc) is 2.50. The molecule has 1 heterocycles. The molecule has 0 unspecified atom stereocenters. The second kappa shape index (κ2) is 3.18. The lowest BCUT2D eigenvalue weighted by Gasteiger charge is -1.92. The highest BCUT2D eigenvalue weighted by Gasteiger charge is 2.04. The van der Waals surface area contributed by atoms with E-state index in [1.165, 1.54) is 6.20 Å². The maximum atomic E-state index is 11.0. The Morgan fingerprint density at radius 3 is 3.09 bits per heavy atom. The molecule has 1 amide bonds. The highest BCUT2D eigenvalue weighted by atomic mass is 16.1. The Balaban J connectivity index is 2.80. The van der Waals surface area contributed by atoms with Gasteiger partial charge in [0.1, 0.15) is 0 Å². The van der Waals surface area contributed by atoms with Gasteiger partial charge in [-0.15, -0.1) is 0 Å². The Bertz CT molecular complexity index is 254. The van der Waals surface area contributed by atoms with Crippen molar-refractivity contribution in [1.82, 2.24) is 15.1 Å². The first-order valence-corrected chi connectivity index (χ1v) is 3.31. The second-order valence-electron chi connectivity index (χ2n) is 2.07. The minimum Gasteiger partial charge on any atom is -0.355 e. The molecule has 1 aromatic heterocycles. The number of carbonyl (C=O) groups is 1. The average molecular weight is 152 g/mol. The van der Waals surface area contributed by atoms with Crippen LogP contribution in [0.15, 0.2) is 12.4 Å². The Kier molecular flexibility index (Phi) is 2.25. The van der Waals surface area contributed by atoms with E-state index in [9.17, 15) is 4.79 Å². The van der Waals surface area contributed by atoms with Crippen LogP contribution in [0.4, 0.5) is 0 Å². The van der Waals surface area contributed by atoms with Crippen LogP contribution in [0.3, 0.4) is 0 Å². The Hall–Kier alpha value is -1.32. The van der Waals surface area contributed by atoms with E-state index in [0.29, 0.717) is 12.1 Å². The van der Waals surface area contributed by atoms with E-state index >= 15 is 0 Å². The summed E-state index contributed by atoms with van der Waals surface area (Å²) in [5, 5.41) is 6.40. The fraction of sp³-hybridized carbons (Fsp3) is 0.286. The van der Waals surface area contributed by atoms with Gasteiger partial charge in [-0.3, -0.25) is 9.48 Å². The number of nitrogens with zero attached hydrogens (tertiary/aromatic N) is 2. The summed E-state index contributed by atoms with van der Waals surface area (Å²) in [6, 6.07) is 0. The van der Waals surface area contributed by atoms with Crippen LogP contribution in [-0.2, 0) is 6.54 Å². The van der Waals surface area contributed by atoms with Gasteiger partial charge in [-0.1, -0.05) is 0 Å². The molecule has 0 atom stereocenters. The zero-order valence-electron chi connectivity index (χ0n) is 6.37. The lowest BCUT2D eigenvalue weighted by Crippen LogP contribution is -2.16. The third-order valence-corrected chi connectivity index (χ3v) is 1.35. The van der Waals surface area contributed by atoms with Crippen molar-refractivity contribution in [2.45, 2.75) is 6.54 Å². The Morgan fingerprint density at radius 1 is 1.91 bits per heavy atom. The lowest BCUT2D eigenvalue weighted by atomic mass is 10.3. The van der Waals surface area contributed by atoms with E-state index in [1.807, 2.05) is 0 Å². The first-order chi connectivity index (χ1) is 5.27. The third-order valence-electron chi connectivity index (χ3n) is 1.35. The van der Waals surface area contributed by atoms with Gasteiger partial charge in [0.05, 0.1) is 11.8 Å². The number of hydrogen-bond donors (Lipinski definition) is 1. The van der Waals surface area contributed by atoms with Crippen molar-refractivity contribution in [3.8, 4) is 0 Å². The van der Waals surface area contributed by atoms with Crippen molar-refractivity contribution in [3.05, 3.63) is 24.9 Å². The maximum Gasteiger partial charge on any atom is 0.254 e. The van der Waals surface area contributed by atoms with Crippen molar-refractivity contribution >= 4 is 5.91 Å². The SMILES string of the molecule is [CH2]Cn1cc(C(=O)NC)cn1. The topological polar surface area (TPSA) is 46.9 Å². The minimum absolute atomic E-state index is 0.121. The van der Waals surface area contributed by atoms with Gasteiger partial charge in [-0.05, 0) is 6.92 Å². The summed E-state index contributed by atoms with van der Waals surface area (Å²) in [4.78, 5) is 11.0. The van der Waals surface area contributed by atoms with Crippen molar-refractivity contribution < 1.29 is 4.79 Å². The summed E-state index contributed by atoms with van der Waals surface area (Å²) in [6.07, 6.45) is 3.18. The predicted molar refractivity (Wildman–Crippen MR) is 41.0 cm³/mol. The molecule has 4 nitrogen and oxygen atoms in total. The molecule has 0 aromatic carbocycles. The van der Waals surface area contributed by atoms with Gasteiger partial charge in [-0.25, -0.2) is 0 Å².